The minimum atomic E-state index is -1.47. The summed E-state index contributed by atoms with van der Waals surface area (Å²) in [6.07, 6.45) is 6.69. The summed E-state index contributed by atoms with van der Waals surface area (Å²) in [5.74, 6) is -2.45. The molecule has 1 amide bonds. The molecule has 0 saturated carbocycles. The molecule has 16 nitrogen and oxygen atoms in total. The topological polar surface area (TPSA) is 229 Å². The average molecular weight is 673 g/mol. The lowest BCUT2D eigenvalue weighted by molar-refractivity contribution is -0.663. The van der Waals surface area contributed by atoms with Gasteiger partial charge in [-0.05, 0) is 5.57 Å². The number of fused-ring (bicyclic) bond motifs is 2. The molecule has 234 valence electrons. The standard InChI is InChI=1S/C26H25ClN10O6S2/c1-42-33-18(19-21(27)45-26(30)32-19)16(38)7-15-22(39)37-20(24(40)41)12(11-44-23(15)37)8-35-3-2-17-34(4-5-36(17)35)9-14-6-13(10-43-14)31-25(28)29/h2-6,10,15,23H,7-9,11H2,1H3,(H6-,28,29,30,31,32,40,41)/b33-18+/t15-,23-/m1/s1. The number of halogens is 1. The number of aliphatic imine (C=N–C) groups is 1. The number of thiazole rings is 1. The van der Waals surface area contributed by atoms with Crippen LogP contribution in [0.1, 0.15) is 17.9 Å². The molecular formula is C26H25ClN10O6S2. The van der Waals surface area contributed by atoms with Gasteiger partial charge in [-0.2, -0.15) is 0 Å². The van der Waals surface area contributed by atoms with Gasteiger partial charge in [-0.25, -0.2) is 19.2 Å². The second-order valence-corrected chi connectivity index (χ2v) is 12.8. The normalized spacial score (nSPS) is 18.2. The maximum Gasteiger partial charge on any atom is 0.307 e. The Bertz CT molecular complexity index is 1930. The van der Waals surface area contributed by atoms with Gasteiger partial charge in [-0.3, -0.25) is 14.5 Å². The van der Waals surface area contributed by atoms with Crippen LogP contribution in [0.5, 0.6) is 0 Å². The van der Waals surface area contributed by atoms with Gasteiger partial charge in [0.2, 0.25) is 5.91 Å². The van der Waals surface area contributed by atoms with Crippen molar-refractivity contribution in [1.29, 1.82) is 0 Å². The molecule has 0 unspecified atom stereocenters. The third-order valence-electron chi connectivity index (χ3n) is 7.20. The summed E-state index contributed by atoms with van der Waals surface area (Å²) in [7, 11) is 1.26. The van der Waals surface area contributed by atoms with Gasteiger partial charge >= 0.3 is 5.65 Å². The van der Waals surface area contributed by atoms with E-state index in [0.29, 0.717) is 29.3 Å². The number of aliphatic carboxylic acids is 1. The molecule has 2 aliphatic rings. The second kappa shape index (κ2) is 11.9. The number of amides is 1. The van der Waals surface area contributed by atoms with Crippen molar-refractivity contribution < 1.29 is 33.3 Å². The lowest BCUT2D eigenvalue weighted by Crippen LogP contribution is -2.63. The van der Waals surface area contributed by atoms with E-state index in [1.807, 2.05) is 38.4 Å². The van der Waals surface area contributed by atoms with E-state index in [0.717, 1.165) is 17.0 Å². The number of thioether (sulfide) groups is 1. The van der Waals surface area contributed by atoms with Gasteiger partial charge in [0.15, 0.2) is 28.8 Å². The largest absolute Gasteiger partial charge is 0.543 e. The van der Waals surface area contributed by atoms with Crippen LogP contribution in [0.2, 0.25) is 4.34 Å². The summed E-state index contributed by atoms with van der Waals surface area (Å²) >= 11 is 8.51. The van der Waals surface area contributed by atoms with E-state index < -0.39 is 29.0 Å². The number of rotatable bonds is 11. The minimum absolute atomic E-state index is 0.0628. The molecular weight excluding hydrogens is 648 g/mol. The highest BCUT2D eigenvalue weighted by Gasteiger charge is 2.53. The van der Waals surface area contributed by atoms with Gasteiger partial charge in [0.1, 0.15) is 47.6 Å². The molecule has 0 aromatic carbocycles. The second-order valence-electron chi connectivity index (χ2n) is 10.0. The third-order valence-corrected chi connectivity index (χ3v) is 9.68. The van der Waals surface area contributed by atoms with E-state index in [9.17, 15) is 19.5 Å². The van der Waals surface area contributed by atoms with E-state index in [1.54, 1.807) is 6.07 Å². The van der Waals surface area contributed by atoms with Crippen LogP contribution in [0, 0.1) is 5.92 Å². The first-order chi connectivity index (χ1) is 21.5. The number of furan rings is 1. The Morgan fingerprint density at radius 1 is 1.33 bits per heavy atom. The SMILES string of the molecule is CO/N=C(\C(=O)C[C@@H]1C(=O)N2C(C(=O)[O-])=C(Cn3ccc4n3cc[n+]4Cc3cc(N=C(N)N)co3)CS[C@H]12)c1nc(N)sc1Cl. The number of nitrogens with zero attached hydrogens (tertiary/aromatic N) is 7. The molecule has 0 aliphatic carbocycles. The first-order valence-corrected chi connectivity index (χ1v) is 15.5. The number of imidazole rings is 1. The molecule has 1 fully saturated rings. The molecule has 4 aromatic heterocycles. The maximum absolute atomic E-state index is 13.3. The number of hydrogen-bond acceptors (Lipinski definition) is 12. The summed E-state index contributed by atoms with van der Waals surface area (Å²) in [4.78, 5) is 52.9. The van der Waals surface area contributed by atoms with E-state index in [-0.39, 0.29) is 45.5 Å². The van der Waals surface area contributed by atoms with E-state index in [4.69, 9.17) is 38.1 Å². The molecule has 0 spiro atoms. The molecule has 6 N–H and O–H groups in total. The fourth-order valence-corrected chi connectivity index (χ4v) is 7.66. The van der Waals surface area contributed by atoms with E-state index in [2.05, 4.69) is 15.1 Å². The van der Waals surface area contributed by atoms with Gasteiger partial charge in [-0.1, -0.05) is 28.1 Å². The number of guanidine groups is 1. The molecule has 6 heterocycles. The molecule has 19 heteroatoms. The van der Waals surface area contributed by atoms with Crippen molar-refractivity contribution in [2.45, 2.75) is 24.9 Å². The van der Waals surface area contributed by atoms with Crippen molar-refractivity contribution >= 4 is 80.5 Å². The predicted octanol–water partition coefficient (Wildman–Crippen LogP) is -0.188. The highest BCUT2D eigenvalue weighted by molar-refractivity contribution is 8.00. The van der Waals surface area contributed by atoms with Crippen LogP contribution in [-0.2, 0) is 32.3 Å². The molecule has 6 rings (SSSR count). The molecule has 0 radical (unpaired) electrons. The molecule has 2 aliphatic heterocycles. The summed E-state index contributed by atoms with van der Waals surface area (Å²) in [6.45, 7) is 0.574. The quantitative estimate of drug-likeness (QED) is 0.0622. The highest BCUT2D eigenvalue weighted by Crippen LogP contribution is 2.45. The van der Waals surface area contributed by atoms with Crippen LogP contribution < -0.4 is 26.9 Å². The number of Topliss-reactive ketones (excluding diaryl/α,β-unsaturated/α-hetero) is 1. The smallest absolute Gasteiger partial charge is 0.307 e. The van der Waals surface area contributed by atoms with E-state index in [1.165, 1.54) is 30.0 Å². The predicted molar refractivity (Wildman–Crippen MR) is 162 cm³/mol. The van der Waals surface area contributed by atoms with Crippen LogP contribution in [0.4, 0.5) is 10.8 Å². The summed E-state index contributed by atoms with van der Waals surface area (Å²) in [5, 5.41) is 15.7. The van der Waals surface area contributed by atoms with Gasteiger partial charge in [0.05, 0.1) is 41.8 Å². The number of carboxylic acids is 1. The van der Waals surface area contributed by atoms with Crippen LogP contribution in [0.15, 0.2) is 62.8 Å². The number of carboxylic acid groups (broad SMARTS) is 1. The number of oxime groups is 1. The number of anilines is 1. The number of hydrogen-bond donors (Lipinski definition) is 3. The number of nitrogen functional groups attached to an aromatic ring is 1. The number of carbonyl (C=O) groups is 3. The Morgan fingerprint density at radius 2 is 2.13 bits per heavy atom. The number of carbonyl (C=O) groups excluding carboxylic acids is 3. The third kappa shape index (κ3) is 5.62. The molecule has 2 atom stereocenters. The van der Waals surface area contributed by atoms with Crippen molar-refractivity contribution in [1.82, 2.24) is 19.1 Å². The number of nitrogens with two attached hydrogens (primary N) is 3. The van der Waals surface area contributed by atoms with Crippen molar-refractivity contribution in [2.24, 2.45) is 27.5 Å². The summed E-state index contributed by atoms with van der Waals surface area (Å²) in [5.41, 5.74) is 18.1. The van der Waals surface area contributed by atoms with Crippen molar-refractivity contribution in [2.75, 3.05) is 18.6 Å². The Morgan fingerprint density at radius 3 is 2.82 bits per heavy atom. The highest BCUT2D eigenvalue weighted by atomic mass is 35.5. The van der Waals surface area contributed by atoms with Gasteiger partial charge in [0.25, 0.3) is 0 Å². The zero-order valence-corrected chi connectivity index (χ0v) is 25.8. The van der Waals surface area contributed by atoms with Crippen molar-refractivity contribution in [3.05, 3.63) is 64.0 Å². The van der Waals surface area contributed by atoms with Crippen LogP contribution in [0.25, 0.3) is 5.65 Å². The fraction of sp³-hybridized carbons (Fsp3) is 0.269. The number of aromatic nitrogens is 4. The minimum Gasteiger partial charge on any atom is -0.543 e. The lowest BCUT2D eigenvalue weighted by Gasteiger charge is -2.50. The van der Waals surface area contributed by atoms with Gasteiger partial charge in [0, 0.05) is 18.2 Å². The molecule has 4 aromatic rings. The molecule has 45 heavy (non-hydrogen) atoms. The zero-order valence-electron chi connectivity index (χ0n) is 23.5. The summed E-state index contributed by atoms with van der Waals surface area (Å²) < 4.78 is 11.3. The van der Waals surface area contributed by atoms with E-state index >= 15 is 0 Å². The number of ketones is 1. The Labute approximate surface area is 267 Å². The summed E-state index contributed by atoms with van der Waals surface area (Å²) in [6, 6.07) is 3.59. The first-order valence-electron chi connectivity index (χ1n) is 13.2. The zero-order chi connectivity index (χ0) is 32.0. The van der Waals surface area contributed by atoms with Crippen LogP contribution in [-0.4, -0.2) is 66.6 Å². The monoisotopic (exact) mass is 672 g/mol. The maximum atomic E-state index is 13.3. The molecule has 1 saturated heterocycles. The van der Waals surface area contributed by atoms with Gasteiger partial charge in [-0.15, -0.1) is 16.3 Å². The number of β-lactam (4-membered cyclic amide) rings is 1. The molecule has 0 bridgehead atoms. The first kappa shape index (κ1) is 30.2. The van der Waals surface area contributed by atoms with Crippen molar-refractivity contribution in [3.63, 3.8) is 0 Å². The van der Waals surface area contributed by atoms with Crippen molar-refractivity contribution in [3.8, 4) is 0 Å². The van der Waals surface area contributed by atoms with Crippen LogP contribution in [0.3, 0.4) is 0 Å². The van der Waals surface area contributed by atoms with Gasteiger partial charge < -0.3 is 36.4 Å². The lowest BCUT2D eigenvalue weighted by atomic mass is 9.89. The fourth-order valence-electron chi connectivity index (χ4n) is 5.33. The van der Waals surface area contributed by atoms with Crippen LogP contribution >= 0.6 is 34.7 Å². The Balaban J connectivity index is 1.19. The average Bonchev–Trinajstić information content (AvgIpc) is 3.77. The Kier molecular flexibility index (Phi) is 8.02. The Hall–Kier alpha value is -4.81.